The van der Waals surface area contributed by atoms with E-state index in [0.717, 1.165) is 0 Å². The lowest BCUT2D eigenvalue weighted by atomic mass is 9.97. The molecule has 1 atom stereocenters. The number of carbonyl (C=O) groups excluding carboxylic acids is 1. The first-order valence-electron chi connectivity index (χ1n) is 7.60. The molecule has 1 aromatic heterocycles. The fourth-order valence-electron chi connectivity index (χ4n) is 2.92. The van der Waals surface area contributed by atoms with Gasteiger partial charge in [-0.2, -0.15) is 4.72 Å². The van der Waals surface area contributed by atoms with Crippen molar-refractivity contribution >= 4 is 21.9 Å². The van der Waals surface area contributed by atoms with Gasteiger partial charge in [0.15, 0.2) is 5.76 Å². The van der Waals surface area contributed by atoms with Gasteiger partial charge in [0.25, 0.3) is 0 Å². The molecule has 10 heteroatoms. The summed E-state index contributed by atoms with van der Waals surface area (Å²) >= 11 is 0. The van der Waals surface area contributed by atoms with Crippen molar-refractivity contribution in [1.29, 1.82) is 0 Å². The zero-order valence-electron chi connectivity index (χ0n) is 13.7. The molecule has 0 saturated heterocycles. The highest BCUT2D eigenvalue weighted by atomic mass is 32.2. The van der Waals surface area contributed by atoms with Gasteiger partial charge in [0.2, 0.25) is 15.9 Å². The highest BCUT2D eigenvalue weighted by Crippen LogP contribution is 2.32. The van der Waals surface area contributed by atoms with Crippen LogP contribution in [-0.4, -0.2) is 42.1 Å². The summed E-state index contributed by atoms with van der Waals surface area (Å²) in [5, 5.41) is 14.9. The topological polar surface area (TPSA) is 139 Å². The number of amides is 1. The van der Waals surface area contributed by atoms with Crippen LogP contribution in [0.15, 0.2) is 9.42 Å². The monoisotopic (exact) mass is 359 g/mol. The van der Waals surface area contributed by atoms with E-state index in [9.17, 15) is 18.0 Å². The van der Waals surface area contributed by atoms with Crippen molar-refractivity contribution in [2.75, 3.05) is 0 Å². The molecule has 0 aliphatic heterocycles. The summed E-state index contributed by atoms with van der Waals surface area (Å²) in [6.07, 6.45) is 1.93. The summed E-state index contributed by atoms with van der Waals surface area (Å²) in [5.41, 5.74) is -1.16. The first-order chi connectivity index (χ1) is 11.1. The maximum Gasteiger partial charge on any atom is 0.325 e. The van der Waals surface area contributed by atoms with Crippen LogP contribution < -0.4 is 10.0 Å². The number of carbonyl (C=O) groups is 2. The minimum atomic E-state index is -4.04. The van der Waals surface area contributed by atoms with Gasteiger partial charge in [-0.25, -0.2) is 8.42 Å². The Balaban J connectivity index is 2.31. The van der Waals surface area contributed by atoms with Crippen molar-refractivity contribution in [2.24, 2.45) is 0 Å². The number of nitrogens with zero attached hydrogens (tertiary/aromatic N) is 1. The highest BCUT2D eigenvalue weighted by molar-refractivity contribution is 7.89. The molecule has 134 valence electrons. The molecule has 0 spiro atoms. The molecule has 0 unspecified atom stereocenters. The number of nitrogens with one attached hydrogen (secondary N) is 2. The lowest BCUT2D eigenvalue weighted by Crippen LogP contribution is -2.59. The molecule has 3 N–H and O–H groups in total. The van der Waals surface area contributed by atoms with Crippen molar-refractivity contribution in [3.63, 3.8) is 0 Å². The van der Waals surface area contributed by atoms with Crippen molar-refractivity contribution in [2.45, 2.75) is 62.9 Å². The standard InChI is InChI=1S/C14H21N3O6S/c1-8-11(10(3)23-16-8)24(21,22)17-14(6-4-5-7-14)13(20)15-9(2)12(18)19/h9,17H,4-7H2,1-3H3,(H,15,20)(H,18,19)/t9-/m1/s1. The number of aliphatic carboxylic acids is 1. The molecule has 0 radical (unpaired) electrons. The third-order valence-electron chi connectivity index (χ3n) is 4.18. The van der Waals surface area contributed by atoms with Crippen LogP contribution in [0.25, 0.3) is 0 Å². The van der Waals surface area contributed by atoms with Crippen LogP contribution in [0.5, 0.6) is 0 Å². The summed E-state index contributed by atoms with van der Waals surface area (Å²) in [5.74, 6) is -1.69. The Morgan fingerprint density at radius 2 is 1.88 bits per heavy atom. The van der Waals surface area contributed by atoms with Gasteiger partial charge in [-0.15, -0.1) is 0 Å². The van der Waals surface area contributed by atoms with E-state index in [1.54, 1.807) is 0 Å². The van der Waals surface area contributed by atoms with Gasteiger partial charge in [0.1, 0.15) is 22.2 Å². The second kappa shape index (κ2) is 6.52. The van der Waals surface area contributed by atoms with E-state index in [1.165, 1.54) is 20.8 Å². The SMILES string of the molecule is Cc1noc(C)c1S(=O)(=O)NC1(C(=O)N[C@H](C)C(=O)O)CCCC1. The molecular weight excluding hydrogens is 338 g/mol. The third kappa shape index (κ3) is 3.44. The van der Waals surface area contributed by atoms with Crippen LogP contribution in [0.1, 0.15) is 44.1 Å². The first kappa shape index (κ1) is 18.4. The zero-order valence-corrected chi connectivity index (χ0v) is 14.6. The van der Waals surface area contributed by atoms with Crippen molar-refractivity contribution in [3.8, 4) is 0 Å². The number of carboxylic acids is 1. The summed E-state index contributed by atoms with van der Waals surface area (Å²) in [4.78, 5) is 23.4. The minimum Gasteiger partial charge on any atom is -0.480 e. The molecule has 1 aliphatic rings. The molecule has 1 fully saturated rings. The van der Waals surface area contributed by atoms with E-state index in [-0.39, 0.29) is 16.3 Å². The Hall–Kier alpha value is -1.94. The van der Waals surface area contributed by atoms with Crippen LogP contribution in [0, 0.1) is 13.8 Å². The molecular formula is C14H21N3O6S. The number of hydrogen-bond donors (Lipinski definition) is 3. The molecule has 1 heterocycles. The Kier molecular flexibility index (Phi) is 5.00. The van der Waals surface area contributed by atoms with E-state index >= 15 is 0 Å². The zero-order chi connectivity index (χ0) is 18.1. The van der Waals surface area contributed by atoms with Gasteiger partial charge in [-0.1, -0.05) is 18.0 Å². The molecule has 1 saturated carbocycles. The van der Waals surface area contributed by atoms with Gasteiger partial charge in [0, 0.05) is 0 Å². The van der Waals surface area contributed by atoms with Crippen LogP contribution in [0.4, 0.5) is 0 Å². The van der Waals surface area contributed by atoms with E-state index in [4.69, 9.17) is 9.63 Å². The number of carboxylic acid groups (broad SMARTS) is 1. The smallest absolute Gasteiger partial charge is 0.325 e. The van der Waals surface area contributed by atoms with Gasteiger partial charge >= 0.3 is 5.97 Å². The van der Waals surface area contributed by atoms with Gasteiger partial charge in [-0.05, 0) is 33.6 Å². The average molecular weight is 359 g/mol. The predicted octanol–water partition coefficient (Wildman–Crippen LogP) is 0.472. The normalized spacial score (nSPS) is 18.3. The average Bonchev–Trinajstić information content (AvgIpc) is 3.06. The second-order valence-electron chi connectivity index (χ2n) is 6.08. The van der Waals surface area contributed by atoms with E-state index in [0.29, 0.717) is 25.7 Å². The molecule has 1 aromatic rings. The minimum absolute atomic E-state index is 0.0899. The summed E-state index contributed by atoms with van der Waals surface area (Å²) in [7, 11) is -4.04. The van der Waals surface area contributed by atoms with Crippen LogP contribution >= 0.6 is 0 Å². The van der Waals surface area contributed by atoms with Crippen LogP contribution in [0.3, 0.4) is 0 Å². The van der Waals surface area contributed by atoms with E-state index in [2.05, 4.69) is 15.2 Å². The number of aryl methyl sites for hydroxylation is 2. The highest BCUT2D eigenvalue weighted by Gasteiger charge is 2.46. The van der Waals surface area contributed by atoms with Crippen LogP contribution in [0.2, 0.25) is 0 Å². The Morgan fingerprint density at radius 1 is 1.29 bits per heavy atom. The number of aromatic nitrogens is 1. The van der Waals surface area contributed by atoms with Crippen molar-refractivity contribution in [1.82, 2.24) is 15.2 Å². The fraction of sp³-hybridized carbons (Fsp3) is 0.643. The molecule has 1 aliphatic carbocycles. The largest absolute Gasteiger partial charge is 0.480 e. The summed E-state index contributed by atoms with van der Waals surface area (Å²) < 4.78 is 32.8. The van der Waals surface area contributed by atoms with E-state index in [1.807, 2.05) is 0 Å². The predicted molar refractivity (Wildman–Crippen MR) is 82.7 cm³/mol. The maximum atomic E-state index is 12.7. The molecule has 1 amide bonds. The molecule has 24 heavy (non-hydrogen) atoms. The molecule has 0 bridgehead atoms. The number of rotatable bonds is 6. The van der Waals surface area contributed by atoms with Gasteiger partial charge in [-0.3, -0.25) is 9.59 Å². The Morgan fingerprint density at radius 3 is 2.33 bits per heavy atom. The Labute approximate surface area is 139 Å². The van der Waals surface area contributed by atoms with Crippen molar-refractivity contribution in [3.05, 3.63) is 11.5 Å². The third-order valence-corrected chi connectivity index (χ3v) is 5.96. The first-order valence-corrected chi connectivity index (χ1v) is 9.08. The summed E-state index contributed by atoms with van der Waals surface area (Å²) in [6.45, 7) is 4.30. The molecule has 0 aromatic carbocycles. The summed E-state index contributed by atoms with van der Waals surface area (Å²) in [6, 6.07) is -1.11. The van der Waals surface area contributed by atoms with Gasteiger partial charge in [0.05, 0.1) is 0 Å². The number of hydrogen-bond acceptors (Lipinski definition) is 6. The molecule has 9 nitrogen and oxygen atoms in total. The number of sulfonamides is 1. The van der Waals surface area contributed by atoms with Gasteiger partial charge < -0.3 is 14.9 Å². The lowest BCUT2D eigenvalue weighted by Gasteiger charge is -2.29. The van der Waals surface area contributed by atoms with E-state index < -0.39 is 33.5 Å². The fourth-order valence-corrected chi connectivity index (χ4v) is 4.67. The van der Waals surface area contributed by atoms with Crippen molar-refractivity contribution < 1.29 is 27.6 Å². The lowest BCUT2D eigenvalue weighted by molar-refractivity contribution is -0.142. The quantitative estimate of drug-likeness (QED) is 0.671. The second-order valence-corrected chi connectivity index (χ2v) is 7.70. The molecule has 2 rings (SSSR count). The maximum absolute atomic E-state index is 12.7. The Bertz CT molecular complexity index is 729. The van der Waals surface area contributed by atoms with Crippen LogP contribution in [-0.2, 0) is 19.6 Å².